The smallest absolute Gasteiger partial charge is 0.243 e. The Bertz CT molecular complexity index is 582. The molecule has 0 radical (unpaired) electrons. The zero-order valence-electron chi connectivity index (χ0n) is 12.4. The fraction of sp³-hybridized carbons (Fsp3) is 0.600. The van der Waals surface area contributed by atoms with Crippen molar-refractivity contribution in [2.45, 2.75) is 36.6 Å². The zero-order chi connectivity index (χ0) is 14.9. The third-order valence-corrected chi connectivity index (χ3v) is 6.74. The predicted molar refractivity (Wildman–Crippen MR) is 93.9 cm³/mol. The van der Waals surface area contributed by atoms with Gasteiger partial charge in [-0.1, -0.05) is 15.9 Å². The average Bonchev–Trinajstić information content (AvgIpc) is 3.30. The summed E-state index contributed by atoms with van der Waals surface area (Å²) in [6, 6.07) is 7.35. The van der Waals surface area contributed by atoms with Gasteiger partial charge >= 0.3 is 0 Å². The summed E-state index contributed by atoms with van der Waals surface area (Å²) >= 11 is 3.33. The van der Waals surface area contributed by atoms with E-state index >= 15 is 0 Å². The third kappa shape index (κ3) is 4.45. The summed E-state index contributed by atoms with van der Waals surface area (Å²) in [6.45, 7) is 2.32. The van der Waals surface area contributed by atoms with Crippen LogP contribution in [0.4, 0.5) is 0 Å². The second-order valence-electron chi connectivity index (χ2n) is 5.98. The quantitative estimate of drug-likeness (QED) is 0.813. The maximum atomic E-state index is 12.6. The number of rotatable bonds is 5. The molecule has 0 spiro atoms. The first-order valence-corrected chi connectivity index (χ1v) is 9.78. The number of sulfonamides is 1. The lowest BCUT2D eigenvalue weighted by atomic mass is 10.1. The summed E-state index contributed by atoms with van der Waals surface area (Å²) in [5.41, 5.74) is 0. The van der Waals surface area contributed by atoms with Crippen LogP contribution in [-0.4, -0.2) is 38.4 Å². The maximum absolute atomic E-state index is 12.6. The molecule has 1 saturated carbocycles. The standard InChI is InChI=1S/C15H21BrN2O2S.ClH/c16-13-3-5-15(6-4-13)21(19,20)18-9-7-14(8-10-18)17-11-12-1-2-12;/h3-6,12,14,17H,1-2,7-11H2;1H. The first-order chi connectivity index (χ1) is 10.1. The lowest BCUT2D eigenvalue weighted by Gasteiger charge is -2.31. The van der Waals surface area contributed by atoms with Crippen molar-refractivity contribution in [2.75, 3.05) is 19.6 Å². The molecule has 1 aromatic rings. The molecule has 1 saturated heterocycles. The summed E-state index contributed by atoms with van der Waals surface area (Å²) in [5.74, 6) is 0.870. The molecule has 124 valence electrons. The number of piperidine rings is 1. The highest BCUT2D eigenvalue weighted by atomic mass is 79.9. The van der Waals surface area contributed by atoms with E-state index in [-0.39, 0.29) is 12.4 Å². The molecule has 0 amide bonds. The van der Waals surface area contributed by atoms with Crippen molar-refractivity contribution >= 4 is 38.4 Å². The molecule has 1 aliphatic heterocycles. The molecule has 0 unspecified atom stereocenters. The van der Waals surface area contributed by atoms with Crippen molar-refractivity contribution in [3.63, 3.8) is 0 Å². The van der Waals surface area contributed by atoms with Crippen LogP contribution in [0, 0.1) is 5.92 Å². The van der Waals surface area contributed by atoms with Crippen LogP contribution in [0.25, 0.3) is 0 Å². The van der Waals surface area contributed by atoms with Crippen molar-refractivity contribution in [2.24, 2.45) is 5.92 Å². The number of hydrogen-bond acceptors (Lipinski definition) is 3. The van der Waals surface area contributed by atoms with Crippen molar-refractivity contribution in [1.29, 1.82) is 0 Å². The molecule has 1 heterocycles. The molecule has 2 fully saturated rings. The van der Waals surface area contributed by atoms with Crippen LogP contribution in [0.2, 0.25) is 0 Å². The van der Waals surface area contributed by atoms with E-state index in [1.165, 1.54) is 12.8 Å². The number of nitrogens with zero attached hydrogens (tertiary/aromatic N) is 1. The highest BCUT2D eigenvalue weighted by Gasteiger charge is 2.30. The van der Waals surface area contributed by atoms with Gasteiger partial charge in [-0.05, 0) is 62.4 Å². The van der Waals surface area contributed by atoms with E-state index in [1.54, 1.807) is 28.6 Å². The van der Waals surface area contributed by atoms with Gasteiger partial charge < -0.3 is 5.32 Å². The van der Waals surface area contributed by atoms with E-state index in [0.29, 0.717) is 24.0 Å². The number of hydrogen-bond donors (Lipinski definition) is 1. The zero-order valence-corrected chi connectivity index (χ0v) is 15.6. The molecule has 3 rings (SSSR count). The summed E-state index contributed by atoms with van der Waals surface area (Å²) in [6.07, 6.45) is 4.51. The van der Waals surface area contributed by atoms with Gasteiger partial charge in [0.1, 0.15) is 0 Å². The van der Waals surface area contributed by atoms with E-state index in [9.17, 15) is 8.42 Å². The summed E-state index contributed by atoms with van der Waals surface area (Å²) in [5, 5.41) is 3.58. The van der Waals surface area contributed by atoms with E-state index in [2.05, 4.69) is 21.2 Å². The van der Waals surface area contributed by atoms with Gasteiger partial charge in [-0.2, -0.15) is 4.31 Å². The largest absolute Gasteiger partial charge is 0.314 e. The number of halogens is 2. The second kappa shape index (κ2) is 7.62. The van der Waals surface area contributed by atoms with Gasteiger partial charge in [0.15, 0.2) is 0 Å². The van der Waals surface area contributed by atoms with Crippen LogP contribution >= 0.6 is 28.3 Å². The minimum Gasteiger partial charge on any atom is -0.314 e. The monoisotopic (exact) mass is 408 g/mol. The molecule has 4 nitrogen and oxygen atoms in total. The lowest BCUT2D eigenvalue weighted by Crippen LogP contribution is -2.45. The Labute approximate surface area is 147 Å². The molecule has 1 aliphatic carbocycles. The Kier molecular flexibility index (Phi) is 6.30. The third-order valence-electron chi connectivity index (χ3n) is 4.30. The molecule has 22 heavy (non-hydrogen) atoms. The first-order valence-electron chi connectivity index (χ1n) is 7.55. The topological polar surface area (TPSA) is 49.4 Å². The minimum absolute atomic E-state index is 0. The van der Waals surface area contributed by atoms with Gasteiger partial charge in [-0.25, -0.2) is 8.42 Å². The predicted octanol–water partition coefficient (Wildman–Crippen LogP) is 3.02. The Hall–Kier alpha value is -0.140. The summed E-state index contributed by atoms with van der Waals surface area (Å²) in [7, 11) is -3.34. The second-order valence-corrected chi connectivity index (χ2v) is 8.84. The van der Waals surface area contributed by atoms with Gasteiger partial charge in [0, 0.05) is 23.6 Å². The van der Waals surface area contributed by atoms with Crippen molar-refractivity contribution in [1.82, 2.24) is 9.62 Å². The minimum atomic E-state index is -3.34. The molecule has 0 bridgehead atoms. The Morgan fingerprint density at radius 1 is 1.09 bits per heavy atom. The van der Waals surface area contributed by atoms with Crippen LogP contribution in [0.5, 0.6) is 0 Å². The van der Waals surface area contributed by atoms with E-state index < -0.39 is 10.0 Å². The molecule has 2 aliphatic rings. The maximum Gasteiger partial charge on any atom is 0.243 e. The first kappa shape index (κ1) is 18.2. The molecule has 0 aromatic heterocycles. The van der Waals surface area contributed by atoms with Crippen molar-refractivity contribution in [3.05, 3.63) is 28.7 Å². The Morgan fingerprint density at radius 2 is 1.68 bits per heavy atom. The fourth-order valence-corrected chi connectivity index (χ4v) is 4.45. The lowest BCUT2D eigenvalue weighted by molar-refractivity contribution is 0.288. The molecular formula is C15H22BrClN2O2S. The van der Waals surface area contributed by atoms with Gasteiger partial charge in [0.2, 0.25) is 10.0 Å². The molecular weight excluding hydrogens is 388 g/mol. The van der Waals surface area contributed by atoms with Crippen LogP contribution in [0.15, 0.2) is 33.6 Å². The normalized spacial score (nSPS) is 20.6. The SMILES string of the molecule is Cl.O=S(=O)(c1ccc(Br)cc1)N1CCC(NCC2CC2)CC1. The van der Waals surface area contributed by atoms with Gasteiger partial charge in [0.05, 0.1) is 4.90 Å². The fourth-order valence-electron chi connectivity index (χ4n) is 2.71. The number of benzene rings is 1. The molecule has 0 atom stereocenters. The summed E-state index contributed by atoms with van der Waals surface area (Å²) in [4.78, 5) is 0.384. The van der Waals surface area contributed by atoms with E-state index in [0.717, 1.165) is 29.8 Å². The van der Waals surface area contributed by atoms with Gasteiger partial charge in [-0.3, -0.25) is 0 Å². The Balaban J connectivity index is 0.00000176. The van der Waals surface area contributed by atoms with E-state index in [4.69, 9.17) is 0 Å². The highest BCUT2D eigenvalue weighted by Crippen LogP contribution is 2.28. The van der Waals surface area contributed by atoms with Gasteiger partial charge in [-0.15, -0.1) is 12.4 Å². The highest BCUT2D eigenvalue weighted by molar-refractivity contribution is 9.10. The van der Waals surface area contributed by atoms with Crippen molar-refractivity contribution in [3.8, 4) is 0 Å². The van der Waals surface area contributed by atoms with Crippen LogP contribution in [-0.2, 0) is 10.0 Å². The van der Waals surface area contributed by atoms with Crippen molar-refractivity contribution < 1.29 is 8.42 Å². The molecule has 7 heteroatoms. The van der Waals surface area contributed by atoms with Crippen LogP contribution < -0.4 is 5.32 Å². The van der Waals surface area contributed by atoms with E-state index in [1.807, 2.05) is 0 Å². The average molecular weight is 410 g/mol. The molecule has 1 aromatic carbocycles. The van der Waals surface area contributed by atoms with Crippen LogP contribution in [0.1, 0.15) is 25.7 Å². The number of nitrogens with one attached hydrogen (secondary N) is 1. The van der Waals surface area contributed by atoms with Crippen LogP contribution in [0.3, 0.4) is 0 Å². The molecule has 1 N–H and O–H groups in total. The summed E-state index contributed by atoms with van der Waals surface area (Å²) < 4.78 is 27.7. The Morgan fingerprint density at radius 3 is 2.23 bits per heavy atom. The van der Waals surface area contributed by atoms with Gasteiger partial charge in [0.25, 0.3) is 0 Å².